The van der Waals surface area contributed by atoms with Gasteiger partial charge in [0, 0.05) is 6.20 Å². The number of carbonyl (C=O) groups excluding carboxylic acids is 2. The van der Waals surface area contributed by atoms with Gasteiger partial charge in [-0.15, -0.1) is 0 Å². The van der Waals surface area contributed by atoms with Crippen molar-refractivity contribution in [1.82, 2.24) is 4.90 Å². The highest BCUT2D eigenvalue weighted by Gasteiger charge is 2.31. The second-order valence-corrected chi connectivity index (χ2v) is 4.90. The maximum absolute atomic E-state index is 11.7. The molecule has 1 aliphatic rings. The Labute approximate surface area is 94.7 Å². The first-order valence-corrected chi connectivity index (χ1v) is 5.10. The van der Waals surface area contributed by atoms with Crippen molar-refractivity contribution >= 4 is 12.1 Å². The lowest BCUT2D eigenvalue weighted by Crippen LogP contribution is -2.47. The highest BCUT2D eigenvalue weighted by molar-refractivity contribution is 5.81. The van der Waals surface area contributed by atoms with E-state index in [1.165, 1.54) is 6.20 Å². The summed E-state index contributed by atoms with van der Waals surface area (Å²) in [5.74, 6) is -1.26. The summed E-state index contributed by atoms with van der Waals surface area (Å²) >= 11 is 0. The van der Waals surface area contributed by atoms with E-state index in [0.29, 0.717) is 6.42 Å². The molecule has 5 heteroatoms. The summed E-state index contributed by atoms with van der Waals surface area (Å²) in [5, 5.41) is 10.8. The second kappa shape index (κ2) is 4.15. The van der Waals surface area contributed by atoms with Gasteiger partial charge < -0.3 is 14.6 Å². The van der Waals surface area contributed by atoms with Gasteiger partial charge in [0.05, 0.1) is 12.0 Å². The third-order valence-corrected chi connectivity index (χ3v) is 2.09. The first-order valence-electron chi connectivity index (χ1n) is 5.10. The topological polar surface area (TPSA) is 69.7 Å². The molecule has 0 aromatic carbocycles. The Hall–Kier alpha value is -1.52. The molecule has 1 atom stereocenters. The van der Waals surface area contributed by atoms with E-state index >= 15 is 0 Å². The molecule has 5 nitrogen and oxygen atoms in total. The third-order valence-electron chi connectivity index (χ3n) is 2.09. The van der Waals surface area contributed by atoms with Crippen LogP contribution in [-0.4, -0.2) is 28.6 Å². The Balaban J connectivity index is 2.78. The number of carboxylic acid groups (broad SMARTS) is 1. The first-order chi connectivity index (χ1) is 7.20. The predicted octanol–water partition coefficient (Wildman–Crippen LogP) is 0.649. The Morgan fingerprint density at radius 3 is 2.50 bits per heavy atom. The first kappa shape index (κ1) is 12.5. The predicted molar refractivity (Wildman–Crippen MR) is 55.2 cm³/mol. The number of amides is 1. The van der Waals surface area contributed by atoms with Gasteiger partial charge >= 0.3 is 6.09 Å². The van der Waals surface area contributed by atoms with Crippen LogP contribution in [0.25, 0.3) is 0 Å². The van der Waals surface area contributed by atoms with Gasteiger partial charge in [0.25, 0.3) is 0 Å². The summed E-state index contributed by atoms with van der Waals surface area (Å²) in [6.45, 7) is 6.95. The van der Waals surface area contributed by atoms with E-state index in [9.17, 15) is 14.7 Å². The van der Waals surface area contributed by atoms with E-state index in [1.807, 2.05) is 0 Å². The fraction of sp³-hybridized carbons (Fsp3) is 0.636. The van der Waals surface area contributed by atoms with Crippen LogP contribution in [0.5, 0.6) is 0 Å². The highest BCUT2D eigenvalue weighted by atomic mass is 16.6. The molecule has 1 aliphatic heterocycles. The molecule has 90 valence electrons. The standard InChI is InChI=1S/C11H17NO4/c1-7-5-8(9(13)14)12(6-7)10(15)16-11(2,3)4/h6,8H,5H2,1-4H3,(H,13,14)/p-1/t8-/m0/s1. The molecule has 1 amide bonds. The van der Waals surface area contributed by atoms with Crippen molar-refractivity contribution in [3.05, 3.63) is 11.8 Å². The molecule has 0 aliphatic carbocycles. The molecule has 0 unspecified atom stereocenters. The maximum atomic E-state index is 11.7. The molecule has 0 N–H and O–H groups in total. The van der Waals surface area contributed by atoms with Crippen LogP contribution in [0.1, 0.15) is 34.1 Å². The van der Waals surface area contributed by atoms with Gasteiger partial charge in [-0.25, -0.2) is 4.79 Å². The molecular formula is C11H16NO4-. The van der Waals surface area contributed by atoms with Crippen LogP contribution in [0.15, 0.2) is 11.8 Å². The monoisotopic (exact) mass is 226 g/mol. The molecule has 16 heavy (non-hydrogen) atoms. The van der Waals surface area contributed by atoms with E-state index in [2.05, 4.69) is 0 Å². The molecule has 0 aromatic heterocycles. The number of nitrogens with zero attached hydrogens (tertiary/aromatic N) is 1. The van der Waals surface area contributed by atoms with Crippen LogP contribution in [-0.2, 0) is 9.53 Å². The summed E-state index contributed by atoms with van der Waals surface area (Å²) in [4.78, 5) is 23.6. The number of carbonyl (C=O) groups is 2. The van der Waals surface area contributed by atoms with Crippen molar-refractivity contribution in [2.45, 2.75) is 45.8 Å². The van der Waals surface area contributed by atoms with Crippen molar-refractivity contribution < 1.29 is 19.4 Å². The van der Waals surface area contributed by atoms with E-state index < -0.39 is 23.7 Å². The highest BCUT2D eigenvalue weighted by Crippen LogP contribution is 2.23. The summed E-state index contributed by atoms with van der Waals surface area (Å²) in [5.41, 5.74) is 0.179. The lowest BCUT2D eigenvalue weighted by atomic mass is 10.1. The molecule has 0 radical (unpaired) electrons. The van der Waals surface area contributed by atoms with Crippen LogP contribution in [0, 0.1) is 0 Å². The van der Waals surface area contributed by atoms with E-state index in [0.717, 1.165) is 10.5 Å². The van der Waals surface area contributed by atoms with Gasteiger partial charge in [-0.05, 0) is 34.1 Å². The number of ether oxygens (including phenoxy) is 1. The zero-order chi connectivity index (χ0) is 12.5. The maximum Gasteiger partial charge on any atom is 0.414 e. The van der Waals surface area contributed by atoms with E-state index in [4.69, 9.17) is 4.74 Å². The minimum atomic E-state index is -1.26. The molecule has 0 bridgehead atoms. The quantitative estimate of drug-likeness (QED) is 0.658. The van der Waals surface area contributed by atoms with Crippen LogP contribution in [0.3, 0.4) is 0 Å². The van der Waals surface area contributed by atoms with Crippen molar-refractivity contribution in [2.24, 2.45) is 0 Å². The summed E-state index contributed by atoms with van der Waals surface area (Å²) in [7, 11) is 0. The summed E-state index contributed by atoms with van der Waals surface area (Å²) in [6, 6.07) is -0.949. The van der Waals surface area contributed by atoms with Crippen LogP contribution >= 0.6 is 0 Å². The van der Waals surface area contributed by atoms with Crippen LogP contribution in [0.4, 0.5) is 4.79 Å². The largest absolute Gasteiger partial charge is 0.548 e. The smallest absolute Gasteiger partial charge is 0.414 e. The van der Waals surface area contributed by atoms with Crippen molar-refractivity contribution in [2.75, 3.05) is 0 Å². The average molecular weight is 226 g/mol. The molecular weight excluding hydrogens is 210 g/mol. The van der Waals surface area contributed by atoms with E-state index in [1.54, 1.807) is 27.7 Å². The fourth-order valence-corrected chi connectivity index (χ4v) is 1.47. The van der Waals surface area contributed by atoms with Gasteiger partial charge in [-0.2, -0.15) is 0 Å². The number of hydrogen-bond acceptors (Lipinski definition) is 4. The molecule has 0 saturated carbocycles. The molecule has 0 saturated heterocycles. The van der Waals surface area contributed by atoms with Gasteiger partial charge in [0.15, 0.2) is 0 Å². The fourth-order valence-electron chi connectivity index (χ4n) is 1.47. The Morgan fingerprint density at radius 2 is 2.06 bits per heavy atom. The number of aliphatic carboxylic acids is 1. The Morgan fingerprint density at radius 1 is 1.50 bits per heavy atom. The Bertz CT molecular complexity index is 340. The molecule has 1 rings (SSSR count). The molecule has 0 fully saturated rings. The lowest BCUT2D eigenvalue weighted by Gasteiger charge is -2.28. The number of carboxylic acids is 1. The minimum absolute atomic E-state index is 0.293. The summed E-state index contributed by atoms with van der Waals surface area (Å²) in [6.07, 6.45) is 1.13. The van der Waals surface area contributed by atoms with Crippen LogP contribution in [0.2, 0.25) is 0 Å². The lowest BCUT2D eigenvalue weighted by molar-refractivity contribution is -0.310. The number of rotatable bonds is 1. The minimum Gasteiger partial charge on any atom is -0.548 e. The molecule has 0 spiro atoms. The second-order valence-electron chi connectivity index (χ2n) is 4.90. The van der Waals surface area contributed by atoms with Crippen LogP contribution < -0.4 is 5.11 Å². The van der Waals surface area contributed by atoms with Gasteiger partial charge in [-0.1, -0.05) is 5.57 Å². The summed E-state index contributed by atoms with van der Waals surface area (Å²) < 4.78 is 5.10. The van der Waals surface area contributed by atoms with Crippen molar-refractivity contribution in [3.63, 3.8) is 0 Å². The van der Waals surface area contributed by atoms with E-state index in [-0.39, 0.29) is 0 Å². The average Bonchev–Trinajstić information content (AvgIpc) is 2.44. The van der Waals surface area contributed by atoms with Gasteiger partial charge in [0.2, 0.25) is 0 Å². The Kier molecular flexibility index (Phi) is 3.26. The normalized spacial score (nSPS) is 20.6. The van der Waals surface area contributed by atoms with Crippen molar-refractivity contribution in [3.8, 4) is 0 Å². The van der Waals surface area contributed by atoms with Crippen molar-refractivity contribution in [1.29, 1.82) is 0 Å². The van der Waals surface area contributed by atoms with Gasteiger partial charge in [0.1, 0.15) is 5.60 Å². The van der Waals surface area contributed by atoms with Gasteiger partial charge in [-0.3, -0.25) is 4.90 Å². The SMILES string of the molecule is CC1=CN(C(=O)OC(C)(C)C)[C@H](C(=O)[O-])C1. The molecule has 0 aromatic rings. The zero-order valence-corrected chi connectivity index (χ0v) is 9.94. The third kappa shape index (κ3) is 2.98. The molecule has 1 heterocycles. The number of hydrogen-bond donors (Lipinski definition) is 0. The zero-order valence-electron chi connectivity index (χ0n) is 9.94.